The number of likely N-dealkylation sites (tertiary alicyclic amines) is 1. The molecule has 0 saturated carbocycles. The summed E-state index contributed by atoms with van der Waals surface area (Å²) in [4.78, 5) is 16.8. The fraction of sp³-hybridized carbons (Fsp3) is 0.406. The lowest BCUT2D eigenvalue weighted by Crippen LogP contribution is -2.43. The van der Waals surface area contributed by atoms with Crippen molar-refractivity contribution in [3.63, 3.8) is 0 Å². The van der Waals surface area contributed by atoms with Gasteiger partial charge in [-0.1, -0.05) is 50.2 Å². The van der Waals surface area contributed by atoms with Crippen LogP contribution in [0.4, 0.5) is 24.5 Å². The summed E-state index contributed by atoms with van der Waals surface area (Å²) in [5, 5.41) is 15.9. The SMILES string of the molecule is CC.Cc1ccc(Nc2c(C(=O)N(CO)CCCNC3CCN(Cc4ccccc4)CC3)ccc(F)c2F)c(F)c1.[HH].[HH]. The average Bonchev–Trinajstić information content (AvgIpc) is 2.99. The lowest BCUT2D eigenvalue weighted by molar-refractivity contribution is 0.0551. The Hall–Kier alpha value is -3.40. The van der Waals surface area contributed by atoms with Crippen molar-refractivity contribution >= 4 is 17.3 Å². The highest BCUT2D eigenvalue weighted by atomic mass is 19.2. The molecule has 1 aliphatic rings. The molecule has 1 heterocycles. The number of nitrogens with zero attached hydrogens (tertiary/aromatic N) is 2. The number of amides is 1. The Morgan fingerprint density at radius 3 is 2.39 bits per heavy atom. The first-order valence-corrected chi connectivity index (χ1v) is 14.3. The van der Waals surface area contributed by atoms with E-state index in [1.807, 2.05) is 19.9 Å². The van der Waals surface area contributed by atoms with Crippen LogP contribution in [0.3, 0.4) is 0 Å². The molecular weight excluding hydrogens is 529 g/mol. The summed E-state index contributed by atoms with van der Waals surface area (Å²) in [6.07, 6.45) is 2.61. The summed E-state index contributed by atoms with van der Waals surface area (Å²) in [7, 11) is 0. The van der Waals surface area contributed by atoms with Crippen molar-refractivity contribution in [2.45, 2.75) is 52.6 Å². The molecule has 3 aromatic carbocycles. The molecule has 3 N–H and O–H groups in total. The van der Waals surface area contributed by atoms with Crippen molar-refractivity contribution in [1.29, 1.82) is 0 Å². The van der Waals surface area contributed by atoms with Crippen molar-refractivity contribution < 1.29 is 25.9 Å². The van der Waals surface area contributed by atoms with Gasteiger partial charge in [-0.2, -0.15) is 0 Å². The lowest BCUT2D eigenvalue weighted by atomic mass is 10.0. The molecule has 0 spiro atoms. The molecule has 0 radical (unpaired) electrons. The zero-order valence-electron chi connectivity index (χ0n) is 24.1. The van der Waals surface area contributed by atoms with Gasteiger partial charge in [0.05, 0.1) is 16.9 Å². The minimum Gasteiger partial charge on any atom is -0.376 e. The van der Waals surface area contributed by atoms with Crippen molar-refractivity contribution in [3.05, 3.63) is 94.8 Å². The van der Waals surface area contributed by atoms with Crippen molar-refractivity contribution in [2.24, 2.45) is 0 Å². The molecule has 1 fully saturated rings. The van der Waals surface area contributed by atoms with Crippen LogP contribution in [0.1, 0.15) is 57.4 Å². The van der Waals surface area contributed by atoms with E-state index in [1.54, 1.807) is 13.0 Å². The van der Waals surface area contributed by atoms with E-state index in [-0.39, 0.29) is 20.6 Å². The van der Waals surface area contributed by atoms with Gasteiger partial charge in [0.25, 0.3) is 5.91 Å². The highest BCUT2D eigenvalue weighted by Crippen LogP contribution is 2.29. The van der Waals surface area contributed by atoms with E-state index in [0.29, 0.717) is 24.6 Å². The van der Waals surface area contributed by atoms with Gasteiger partial charge in [0.2, 0.25) is 0 Å². The van der Waals surface area contributed by atoms with Gasteiger partial charge in [-0.3, -0.25) is 9.69 Å². The van der Waals surface area contributed by atoms with Crippen LogP contribution in [-0.2, 0) is 6.54 Å². The van der Waals surface area contributed by atoms with Crippen LogP contribution in [0, 0.1) is 24.4 Å². The second-order valence-corrected chi connectivity index (χ2v) is 9.95. The smallest absolute Gasteiger partial charge is 0.257 e. The zero-order valence-corrected chi connectivity index (χ0v) is 24.1. The quantitative estimate of drug-likeness (QED) is 0.175. The molecule has 0 unspecified atom stereocenters. The van der Waals surface area contributed by atoms with E-state index in [1.165, 1.54) is 17.7 Å². The fourth-order valence-electron chi connectivity index (χ4n) is 4.83. The molecule has 9 heteroatoms. The number of carbonyl (C=O) groups excluding carboxylic acids is 1. The molecule has 0 bridgehead atoms. The minimum absolute atomic E-state index is 0. The Bertz CT molecular complexity index is 1260. The maximum atomic E-state index is 14.7. The molecule has 1 aliphatic heterocycles. The molecule has 3 aromatic rings. The number of benzene rings is 3. The van der Waals surface area contributed by atoms with E-state index in [0.717, 1.165) is 49.5 Å². The number of hydrogen-bond acceptors (Lipinski definition) is 5. The maximum Gasteiger partial charge on any atom is 0.257 e. The van der Waals surface area contributed by atoms with Crippen LogP contribution in [0.25, 0.3) is 0 Å². The molecule has 226 valence electrons. The van der Waals surface area contributed by atoms with Gasteiger partial charge in [-0.15, -0.1) is 0 Å². The number of rotatable bonds is 11. The zero-order chi connectivity index (χ0) is 29.8. The Morgan fingerprint density at radius 1 is 1.02 bits per heavy atom. The number of aliphatic hydroxyl groups is 1. The van der Waals surface area contributed by atoms with Gasteiger partial charge < -0.3 is 20.6 Å². The monoisotopic (exact) mass is 574 g/mol. The largest absolute Gasteiger partial charge is 0.376 e. The van der Waals surface area contributed by atoms with Gasteiger partial charge in [-0.25, -0.2) is 13.2 Å². The Kier molecular flexibility index (Phi) is 12.6. The molecule has 1 amide bonds. The van der Waals surface area contributed by atoms with Crippen molar-refractivity contribution in [3.8, 4) is 0 Å². The van der Waals surface area contributed by atoms with Gasteiger partial charge in [0.1, 0.15) is 12.5 Å². The molecule has 1 saturated heterocycles. The van der Waals surface area contributed by atoms with Crippen LogP contribution >= 0.6 is 0 Å². The summed E-state index contributed by atoms with van der Waals surface area (Å²) in [5.41, 5.74) is 1.21. The molecule has 0 atom stereocenters. The summed E-state index contributed by atoms with van der Waals surface area (Å²) < 4.78 is 43.2. The van der Waals surface area contributed by atoms with E-state index in [4.69, 9.17) is 0 Å². The third-order valence-corrected chi connectivity index (χ3v) is 7.04. The van der Waals surface area contributed by atoms with E-state index < -0.39 is 35.8 Å². The first kappa shape index (κ1) is 32.1. The second-order valence-electron chi connectivity index (χ2n) is 9.95. The maximum absolute atomic E-state index is 14.7. The summed E-state index contributed by atoms with van der Waals surface area (Å²) in [5.74, 6) is -3.80. The van der Waals surface area contributed by atoms with E-state index >= 15 is 0 Å². The van der Waals surface area contributed by atoms with Gasteiger partial charge in [0.15, 0.2) is 11.6 Å². The fourth-order valence-corrected chi connectivity index (χ4v) is 4.83. The first-order chi connectivity index (χ1) is 19.9. The number of nitrogens with one attached hydrogen (secondary N) is 2. The number of piperidine rings is 1. The van der Waals surface area contributed by atoms with Crippen LogP contribution in [-0.4, -0.2) is 59.8 Å². The summed E-state index contributed by atoms with van der Waals surface area (Å²) in [6.45, 7) is 8.92. The highest BCUT2D eigenvalue weighted by molar-refractivity contribution is 6.00. The molecule has 0 aliphatic carbocycles. The lowest BCUT2D eigenvalue weighted by Gasteiger charge is -2.32. The number of halogens is 3. The summed E-state index contributed by atoms with van der Waals surface area (Å²) >= 11 is 0. The Labute approximate surface area is 244 Å². The number of aryl methyl sites for hydroxylation is 1. The second kappa shape index (κ2) is 16.1. The Morgan fingerprint density at radius 2 is 1.73 bits per heavy atom. The number of aliphatic hydroxyl groups excluding tert-OH is 1. The van der Waals surface area contributed by atoms with Crippen LogP contribution in [0.15, 0.2) is 60.7 Å². The predicted molar refractivity (Wildman–Crippen MR) is 162 cm³/mol. The molecule has 0 aromatic heterocycles. The van der Waals surface area contributed by atoms with Crippen LogP contribution in [0.5, 0.6) is 0 Å². The average molecular weight is 575 g/mol. The predicted octanol–water partition coefficient (Wildman–Crippen LogP) is 6.71. The molecule has 6 nitrogen and oxygen atoms in total. The summed E-state index contributed by atoms with van der Waals surface area (Å²) in [6, 6.07) is 17.0. The standard InChI is InChI=1S/C30H35F3N4O2.C2H6.2H2/c1-21-8-11-27(26(32)18-21)35-29-24(9-10-25(31)28(29)33)30(39)37(20-38)15-5-14-34-23-12-16-36(17-13-23)19-22-6-3-2-4-7-22;1-2;;/h2-4,6-11,18,23,34-35,38H,5,12-17,19-20H2,1H3;1-2H3;2*1H. The topological polar surface area (TPSA) is 67.8 Å². The third kappa shape index (κ3) is 9.05. The van der Waals surface area contributed by atoms with Crippen molar-refractivity contribution in [1.82, 2.24) is 15.1 Å². The molecular formula is C32H45F3N4O2. The van der Waals surface area contributed by atoms with Gasteiger partial charge in [0, 0.05) is 22.0 Å². The third-order valence-electron chi connectivity index (χ3n) is 7.04. The first-order valence-electron chi connectivity index (χ1n) is 14.3. The normalized spacial score (nSPS) is 13.8. The number of carbonyl (C=O) groups is 1. The Balaban J connectivity index is 0.00000226. The van der Waals surface area contributed by atoms with E-state index in [2.05, 4.69) is 39.8 Å². The van der Waals surface area contributed by atoms with Crippen molar-refractivity contribution in [2.75, 3.05) is 38.2 Å². The molecule has 4 rings (SSSR count). The minimum atomic E-state index is -1.29. The van der Waals surface area contributed by atoms with E-state index in [9.17, 15) is 23.1 Å². The molecule has 41 heavy (non-hydrogen) atoms. The van der Waals surface area contributed by atoms with Gasteiger partial charge >= 0.3 is 0 Å². The van der Waals surface area contributed by atoms with Crippen LogP contribution in [0.2, 0.25) is 0 Å². The van der Waals surface area contributed by atoms with Gasteiger partial charge in [-0.05, 0) is 81.2 Å². The number of anilines is 2. The number of hydrogen-bond donors (Lipinski definition) is 3. The highest BCUT2D eigenvalue weighted by Gasteiger charge is 2.24. The van der Waals surface area contributed by atoms with Crippen LogP contribution < -0.4 is 10.6 Å².